The Balaban J connectivity index is 1.39. The first-order valence-corrected chi connectivity index (χ1v) is 38.8. The first-order chi connectivity index (χ1) is 48.8. The molecule has 0 aliphatic carbocycles. The lowest BCUT2D eigenvalue weighted by Gasteiger charge is -2.48. The molecule has 3 aliphatic heterocycles. The molecule has 0 saturated carbocycles. The number of allylic oxidation sites excluding steroid dienone is 19. The van der Waals surface area contributed by atoms with Crippen LogP contribution in [0.4, 0.5) is 0 Å². The van der Waals surface area contributed by atoms with E-state index in [1.807, 2.05) is 6.08 Å². The normalized spacial score (nSPS) is 27.1. The molecule has 17 unspecified atom stereocenters. The number of aliphatic hydroxyl groups is 11. The SMILES string of the molecule is CC/C=C\C/C=C\C/C=C\C/C=C\C/C=C\C/C=C\C/C=C\C/C=C\C/C=C\CCCCCCCCCC(=O)NC(COC1OC(CO)C(OC2OC(CO)C(OC3OC(CO)C(O)C(O)C3O)C(O)C2O)C(O)C1O)C(O)/C=C/CCCCCCCCCCCCCCCCCCCC. The lowest BCUT2D eigenvalue weighted by Crippen LogP contribution is -2.66. The molecule has 1 amide bonds. The number of hydrogen-bond acceptors (Lipinski definition) is 18. The van der Waals surface area contributed by atoms with E-state index in [0.29, 0.717) is 6.42 Å². The van der Waals surface area contributed by atoms with E-state index in [2.05, 4.69) is 129 Å². The van der Waals surface area contributed by atoms with Gasteiger partial charge in [-0.25, -0.2) is 0 Å². The summed E-state index contributed by atoms with van der Waals surface area (Å²) in [4.78, 5) is 13.5. The van der Waals surface area contributed by atoms with Crippen LogP contribution in [0.3, 0.4) is 0 Å². The number of amides is 1. The van der Waals surface area contributed by atoms with Gasteiger partial charge in [0.2, 0.25) is 5.91 Å². The molecule has 0 bridgehead atoms. The highest BCUT2D eigenvalue weighted by atomic mass is 16.8. The number of unbranched alkanes of at least 4 members (excludes halogenated alkanes) is 25. The minimum Gasteiger partial charge on any atom is -0.394 e. The molecular weight excluding hydrogens is 1270 g/mol. The number of rotatable bonds is 59. The lowest BCUT2D eigenvalue weighted by molar-refractivity contribution is -0.379. The van der Waals surface area contributed by atoms with Crippen LogP contribution in [0.2, 0.25) is 0 Å². The Morgan fingerprint density at radius 3 is 1.08 bits per heavy atom. The molecule has 19 nitrogen and oxygen atoms in total. The fraction of sp³-hybridized carbons (Fsp3) is 0.741. The first-order valence-electron chi connectivity index (χ1n) is 38.8. The van der Waals surface area contributed by atoms with Crippen molar-refractivity contribution in [3.63, 3.8) is 0 Å². The number of ether oxygens (including phenoxy) is 6. The summed E-state index contributed by atoms with van der Waals surface area (Å²) in [5, 5.41) is 121. The van der Waals surface area contributed by atoms with Crippen LogP contribution >= 0.6 is 0 Å². The zero-order valence-corrected chi connectivity index (χ0v) is 61.1. The van der Waals surface area contributed by atoms with Gasteiger partial charge >= 0.3 is 0 Å². The molecule has 0 aromatic rings. The third-order valence-corrected chi connectivity index (χ3v) is 18.5. The van der Waals surface area contributed by atoms with Crippen LogP contribution in [-0.4, -0.2) is 193 Å². The summed E-state index contributed by atoms with van der Waals surface area (Å²) >= 11 is 0. The van der Waals surface area contributed by atoms with Crippen LogP contribution in [0.25, 0.3) is 0 Å². The van der Waals surface area contributed by atoms with Crippen LogP contribution in [0.15, 0.2) is 122 Å². The van der Waals surface area contributed by atoms with Gasteiger partial charge in [0.25, 0.3) is 0 Å². The fourth-order valence-corrected chi connectivity index (χ4v) is 12.3. The van der Waals surface area contributed by atoms with Gasteiger partial charge in [-0.05, 0) is 89.9 Å². The van der Waals surface area contributed by atoms with Gasteiger partial charge in [-0.2, -0.15) is 0 Å². The predicted molar refractivity (Wildman–Crippen MR) is 397 cm³/mol. The van der Waals surface area contributed by atoms with Crippen molar-refractivity contribution in [1.29, 1.82) is 0 Å². The van der Waals surface area contributed by atoms with Crippen molar-refractivity contribution in [1.82, 2.24) is 5.32 Å². The lowest BCUT2D eigenvalue weighted by atomic mass is 9.96. The molecular formula is C81H137NO18. The summed E-state index contributed by atoms with van der Waals surface area (Å²) in [6.07, 6.45) is 57.3. The van der Waals surface area contributed by atoms with E-state index in [0.717, 1.165) is 128 Å². The van der Waals surface area contributed by atoms with Crippen LogP contribution in [0.1, 0.15) is 251 Å². The topological polar surface area (TPSA) is 307 Å². The summed E-state index contributed by atoms with van der Waals surface area (Å²) in [6, 6.07) is -0.989. The maximum Gasteiger partial charge on any atom is 0.220 e. The highest BCUT2D eigenvalue weighted by molar-refractivity contribution is 5.76. The molecule has 0 aromatic carbocycles. The maximum absolute atomic E-state index is 13.5. The van der Waals surface area contributed by atoms with Gasteiger partial charge in [-0.1, -0.05) is 277 Å². The largest absolute Gasteiger partial charge is 0.394 e. The highest BCUT2D eigenvalue weighted by Crippen LogP contribution is 2.33. The predicted octanol–water partition coefficient (Wildman–Crippen LogP) is 12.3. The van der Waals surface area contributed by atoms with E-state index in [1.54, 1.807) is 6.08 Å². The Labute approximate surface area is 601 Å². The molecule has 3 fully saturated rings. The van der Waals surface area contributed by atoms with Crippen molar-refractivity contribution in [3.8, 4) is 0 Å². The second-order valence-electron chi connectivity index (χ2n) is 27.1. The van der Waals surface area contributed by atoms with Crippen molar-refractivity contribution in [2.75, 3.05) is 26.4 Å². The Morgan fingerprint density at radius 2 is 0.690 bits per heavy atom. The Hall–Kier alpha value is -3.81. The van der Waals surface area contributed by atoms with E-state index >= 15 is 0 Å². The van der Waals surface area contributed by atoms with Crippen LogP contribution < -0.4 is 5.32 Å². The molecule has 19 heteroatoms. The van der Waals surface area contributed by atoms with Crippen molar-refractivity contribution >= 4 is 5.91 Å². The molecule has 3 rings (SSSR count). The third kappa shape index (κ3) is 40.5. The standard InChI is InChI=1S/C81H137NO18/c1-3-5-7-9-11-13-15-17-19-21-23-25-26-27-28-29-30-31-32-33-34-35-36-37-38-39-41-43-45-47-49-51-53-55-57-59-69(87)82-64(65(86)58-56-54-52-50-48-46-44-42-40-24-22-20-18-16-14-12-10-8-6-4-2)63-95-79-75(93)72(90)77(67(61-84)97-79)100-81-76(94)73(91)78(68(62-85)98-81)99-80-74(92)71(89)70(88)66(60-83)96-80/h5,7,11,13,17,19,23,25,27-28,30-31,33-34,36-37,39,41,56,58,64-68,70-81,83-86,88-94H,3-4,6,8-10,12,14-16,18,20-22,24,26,29,32,35,38,40,42-55,57,59-63H2,1-2H3,(H,82,87)/b7-5-,13-11-,19-17-,25-23-,28-27-,31-30-,34-33-,37-36-,41-39-,58-56+. The van der Waals surface area contributed by atoms with Gasteiger partial charge in [0.1, 0.15) is 73.2 Å². The Kier molecular flexibility index (Phi) is 54.7. The van der Waals surface area contributed by atoms with E-state index in [9.17, 15) is 61.0 Å². The Morgan fingerprint density at radius 1 is 0.370 bits per heavy atom. The van der Waals surface area contributed by atoms with Crippen molar-refractivity contribution in [3.05, 3.63) is 122 Å². The minimum absolute atomic E-state index is 0.223. The minimum atomic E-state index is -1.99. The van der Waals surface area contributed by atoms with Crippen LogP contribution in [0, 0.1) is 0 Å². The number of carbonyl (C=O) groups is 1. The monoisotopic (exact) mass is 1410 g/mol. The molecule has 17 atom stereocenters. The molecule has 0 spiro atoms. The van der Waals surface area contributed by atoms with E-state index < -0.39 is 124 Å². The van der Waals surface area contributed by atoms with E-state index in [-0.39, 0.29) is 18.9 Å². The molecule has 3 heterocycles. The molecule has 3 aliphatic rings. The highest BCUT2D eigenvalue weighted by Gasteiger charge is 2.53. The molecule has 0 aromatic heterocycles. The van der Waals surface area contributed by atoms with Crippen LogP contribution in [-0.2, 0) is 33.2 Å². The zero-order chi connectivity index (χ0) is 72.5. The number of aliphatic hydroxyl groups excluding tert-OH is 11. The van der Waals surface area contributed by atoms with Crippen molar-refractivity contribution in [2.24, 2.45) is 0 Å². The summed E-state index contributed by atoms with van der Waals surface area (Å²) in [5.41, 5.74) is 0. The van der Waals surface area contributed by atoms with E-state index in [4.69, 9.17) is 28.4 Å². The number of hydrogen-bond donors (Lipinski definition) is 12. The molecule has 0 radical (unpaired) electrons. The molecule has 100 heavy (non-hydrogen) atoms. The molecule has 574 valence electrons. The third-order valence-electron chi connectivity index (χ3n) is 18.5. The zero-order valence-electron chi connectivity index (χ0n) is 61.1. The van der Waals surface area contributed by atoms with Gasteiger partial charge in [-0.15, -0.1) is 0 Å². The smallest absolute Gasteiger partial charge is 0.220 e. The summed E-state index contributed by atoms with van der Waals surface area (Å²) < 4.78 is 34.4. The van der Waals surface area contributed by atoms with Gasteiger partial charge in [-0.3, -0.25) is 4.79 Å². The van der Waals surface area contributed by atoms with Crippen molar-refractivity contribution < 1.29 is 89.4 Å². The van der Waals surface area contributed by atoms with E-state index in [1.165, 1.54) is 96.3 Å². The second kappa shape index (κ2) is 60.5. The summed E-state index contributed by atoms with van der Waals surface area (Å²) in [7, 11) is 0. The average Bonchev–Trinajstić information content (AvgIpc) is 0.783. The van der Waals surface area contributed by atoms with Gasteiger partial charge < -0.3 is 89.9 Å². The fourth-order valence-electron chi connectivity index (χ4n) is 12.3. The first kappa shape index (κ1) is 90.4. The van der Waals surface area contributed by atoms with Crippen molar-refractivity contribution in [2.45, 2.75) is 356 Å². The Bertz CT molecular complexity index is 2280. The molecule has 3 saturated heterocycles. The maximum atomic E-state index is 13.5. The average molecular weight is 1410 g/mol. The quantitative estimate of drug-likeness (QED) is 0.0199. The number of carbonyl (C=O) groups excluding carboxylic acids is 1. The summed E-state index contributed by atoms with van der Waals surface area (Å²) in [6.45, 7) is 1.62. The van der Waals surface area contributed by atoms with Crippen LogP contribution in [0.5, 0.6) is 0 Å². The van der Waals surface area contributed by atoms with Gasteiger partial charge in [0.05, 0.1) is 38.6 Å². The molecule has 12 N–H and O–H groups in total. The number of nitrogens with one attached hydrogen (secondary N) is 1. The van der Waals surface area contributed by atoms with Gasteiger partial charge in [0.15, 0.2) is 18.9 Å². The van der Waals surface area contributed by atoms with Gasteiger partial charge in [0, 0.05) is 6.42 Å². The summed E-state index contributed by atoms with van der Waals surface area (Å²) in [5.74, 6) is -0.290. The second-order valence-corrected chi connectivity index (χ2v) is 27.1.